The molecular formula is C13H21N3OS2. The lowest BCUT2D eigenvalue weighted by molar-refractivity contribution is 0.323. The van der Waals surface area contributed by atoms with Crippen molar-refractivity contribution in [2.24, 2.45) is 11.7 Å². The minimum Gasteiger partial charge on any atom is -0.339 e. The molecule has 0 radical (unpaired) electrons. The first kappa shape index (κ1) is 13.8. The van der Waals surface area contributed by atoms with Crippen LogP contribution in [0.5, 0.6) is 0 Å². The van der Waals surface area contributed by atoms with Crippen molar-refractivity contribution in [2.45, 2.75) is 42.6 Å². The van der Waals surface area contributed by atoms with Gasteiger partial charge in [-0.15, -0.1) is 11.8 Å². The van der Waals surface area contributed by atoms with E-state index in [2.05, 4.69) is 12.1 Å². The Kier molecular flexibility index (Phi) is 4.39. The number of hydrogen-bond acceptors (Lipinski definition) is 6. The van der Waals surface area contributed by atoms with Crippen molar-refractivity contribution >= 4 is 23.5 Å². The van der Waals surface area contributed by atoms with Crippen molar-refractivity contribution < 1.29 is 4.52 Å². The maximum absolute atomic E-state index is 5.84. The minimum atomic E-state index is 0.383. The van der Waals surface area contributed by atoms with Crippen LogP contribution in [-0.4, -0.2) is 33.4 Å². The molecule has 2 aliphatic rings. The maximum atomic E-state index is 5.84. The summed E-state index contributed by atoms with van der Waals surface area (Å²) in [4.78, 5) is 4.70. The van der Waals surface area contributed by atoms with Crippen molar-refractivity contribution in [2.75, 3.05) is 18.1 Å². The SMILES string of the molecule is CC1SCCSC1c1noc(C2CCCC2CN)n1. The second-order valence-electron chi connectivity index (χ2n) is 5.39. The van der Waals surface area contributed by atoms with Gasteiger partial charge in [-0.25, -0.2) is 0 Å². The van der Waals surface area contributed by atoms with E-state index in [1.165, 1.54) is 24.3 Å². The molecule has 1 saturated carbocycles. The molecule has 1 saturated heterocycles. The lowest BCUT2D eigenvalue weighted by Gasteiger charge is -2.24. The predicted octanol–water partition coefficient (Wildman–Crippen LogP) is 2.82. The Bertz CT molecular complexity index is 409. The fourth-order valence-electron chi connectivity index (χ4n) is 3.07. The molecule has 4 atom stereocenters. The van der Waals surface area contributed by atoms with E-state index in [4.69, 9.17) is 15.2 Å². The summed E-state index contributed by atoms with van der Waals surface area (Å²) >= 11 is 3.96. The van der Waals surface area contributed by atoms with Gasteiger partial charge in [-0.05, 0) is 25.3 Å². The Morgan fingerprint density at radius 2 is 2.16 bits per heavy atom. The summed E-state index contributed by atoms with van der Waals surface area (Å²) in [6.45, 7) is 2.99. The molecule has 2 N–H and O–H groups in total. The Labute approximate surface area is 122 Å². The first-order valence-electron chi connectivity index (χ1n) is 7.06. The van der Waals surface area contributed by atoms with E-state index in [9.17, 15) is 0 Å². The predicted molar refractivity (Wildman–Crippen MR) is 80.6 cm³/mol. The quantitative estimate of drug-likeness (QED) is 0.926. The van der Waals surface area contributed by atoms with Crippen LogP contribution in [0.2, 0.25) is 0 Å². The van der Waals surface area contributed by atoms with Gasteiger partial charge in [0.1, 0.15) is 0 Å². The molecule has 1 aromatic heterocycles. The van der Waals surface area contributed by atoms with Gasteiger partial charge in [0.2, 0.25) is 5.89 Å². The highest BCUT2D eigenvalue weighted by atomic mass is 32.2. The number of nitrogens with zero attached hydrogens (tertiary/aromatic N) is 2. The van der Waals surface area contributed by atoms with Gasteiger partial charge in [-0.1, -0.05) is 18.5 Å². The van der Waals surface area contributed by atoms with E-state index in [1.807, 2.05) is 23.5 Å². The van der Waals surface area contributed by atoms with E-state index in [-0.39, 0.29) is 0 Å². The topological polar surface area (TPSA) is 64.9 Å². The number of hydrogen-bond donors (Lipinski definition) is 1. The third kappa shape index (κ3) is 2.81. The first-order chi connectivity index (χ1) is 9.29. The van der Waals surface area contributed by atoms with Crippen LogP contribution in [0, 0.1) is 5.92 Å². The van der Waals surface area contributed by atoms with E-state index in [0.717, 1.165) is 24.7 Å². The Morgan fingerprint density at radius 1 is 1.32 bits per heavy atom. The largest absolute Gasteiger partial charge is 0.339 e. The van der Waals surface area contributed by atoms with Crippen LogP contribution in [0.15, 0.2) is 4.52 Å². The normalized spacial score (nSPS) is 35.7. The molecule has 6 heteroatoms. The zero-order valence-corrected chi connectivity index (χ0v) is 12.9. The van der Waals surface area contributed by atoms with Crippen LogP contribution in [-0.2, 0) is 0 Å². The van der Waals surface area contributed by atoms with Crippen LogP contribution >= 0.6 is 23.5 Å². The van der Waals surface area contributed by atoms with E-state index in [0.29, 0.717) is 22.3 Å². The molecule has 1 aliphatic heterocycles. The molecule has 4 unspecified atom stereocenters. The average Bonchev–Trinajstić information content (AvgIpc) is 3.07. The van der Waals surface area contributed by atoms with Crippen molar-refractivity contribution in [3.05, 3.63) is 11.7 Å². The molecule has 106 valence electrons. The van der Waals surface area contributed by atoms with E-state index < -0.39 is 0 Å². The molecule has 2 heterocycles. The second kappa shape index (κ2) is 6.06. The van der Waals surface area contributed by atoms with Crippen LogP contribution < -0.4 is 5.73 Å². The molecule has 0 aromatic carbocycles. The zero-order valence-electron chi connectivity index (χ0n) is 11.2. The van der Waals surface area contributed by atoms with Gasteiger partial charge >= 0.3 is 0 Å². The van der Waals surface area contributed by atoms with Crippen LogP contribution in [0.4, 0.5) is 0 Å². The Morgan fingerprint density at radius 3 is 2.95 bits per heavy atom. The van der Waals surface area contributed by atoms with Gasteiger partial charge in [-0.2, -0.15) is 16.7 Å². The number of aromatic nitrogens is 2. The fraction of sp³-hybridized carbons (Fsp3) is 0.846. The summed E-state index contributed by atoms with van der Waals surface area (Å²) in [6.07, 6.45) is 3.57. The number of thioether (sulfide) groups is 2. The van der Waals surface area contributed by atoms with Gasteiger partial charge in [-0.3, -0.25) is 0 Å². The summed E-state index contributed by atoms with van der Waals surface area (Å²) in [5, 5.41) is 5.19. The number of rotatable bonds is 3. The minimum absolute atomic E-state index is 0.383. The Hall–Kier alpha value is -0.200. The van der Waals surface area contributed by atoms with Gasteiger partial charge < -0.3 is 10.3 Å². The lowest BCUT2D eigenvalue weighted by Crippen LogP contribution is -2.18. The summed E-state index contributed by atoms with van der Waals surface area (Å²) in [5.41, 5.74) is 5.84. The van der Waals surface area contributed by atoms with Gasteiger partial charge in [0.15, 0.2) is 5.82 Å². The molecule has 1 aromatic rings. The standard InChI is InChI=1S/C13H21N3OS2/c1-8-11(19-6-5-18-8)12-15-13(17-16-12)10-4-2-3-9(10)7-14/h8-11H,2-7,14H2,1H3. The monoisotopic (exact) mass is 299 g/mol. The average molecular weight is 299 g/mol. The molecule has 3 rings (SSSR count). The van der Waals surface area contributed by atoms with Gasteiger partial charge in [0.25, 0.3) is 0 Å². The molecule has 4 nitrogen and oxygen atoms in total. The molecule has 0 spiro atoms. The summed E-state index contributed by atoms with van der Waals surface area (Å²) in [6, 6.07) is 0. The molecule has 0 bridgehead atoms. The second-order valence-corrected chi connectivity index (χ2v) is 8.13. The summed E-state index contributed by atoms with van der Waals surface area (Å²) in [5.74, 6) is 5.04. The smallest absolute Gasteiger partial charge is 0.230 e. The van der Waals surface area contributed by atoms with Crippen molar-refractivity contribution in [1.29, 1.82) is 0 Å². The van der Waals surface area contributed by atoms with Crippen molar-refractivity contribution in [1.82, 2.24) is 10.1 Å². The zero-order chi connectivity index (χ0) is 13.2. The van der Waals surface area contributed by atoms with E-state index in [1.54, 1.807) is 0 Å². The summed E-state index contributed by atoms with van der Waals surface area (Å²) < 4.78 is 5.54. The first-order valence-corrected chi connectivity index (χ1v) is 9.16. The van der Waals surface area contributed by atoms with Crippen molar-refractivity contribution in [3.8, 4) is 0 Å². The number of nitrogens with two attached hydrogens (primary N) is 1. The molecule has 2 fully saturated rings. The van der Waals surface area contributed by atoms with Crippen LogP contribution in [0.3, 0.4) is 0 Å². The van der Waals surface area contributed by atoms with Crippen LogP contribution in [0.25, 0.3) is 0 Å². The molecule has 1 aliphatic carbocycles. The van der Waals surface area contributed by atoms with E-state index >= 15 is 0 Å². The molecule has 19 heavy (non-hydrogen) atoms. The van der Waals surface area contributed by atoms with Crippen molar-refractivity contribution in [3.63, 3.8) is 0 Å². The lowest BCUT2D eigenvalue weighted by atomic mass is 9.96. The molecular weight excluding hydrogens is 278 g/mol. The third-order valence-corrected chi connectivity index (χ3v) is 7.27. The highest BCUT2D eigenvalue weighted by Crippen LogP contribution is 2.43. The van der Waals surface area contributed by atoms with Gasteiger partial charge in [0.05, 0.1) is 5.25 Å². The third-order valence-electron chi connectivity index (χ3n) is 4.18. The maximum Gasteiger partial charge on any atom is 0.230 e. The van der Waals surface area contributed by atoms with Crippen LogP contribution in [0.1, 0.15) is 49.1 Å². The molecule has 0 amide bonds. The summed E-state index contributed by atoms with van der Waals surface area (Å²) in [7, 11) is 0. The van der Waals surface area contributed by atoms with Gasteiger partial charge in [0, 0.05) is 22.7 Å². The highest BCUT2D eigenvalue weighted by molar-refractivity contribution is 8.06. The Balaban J connectivity index is 1.75. The highest BCUT2D eigenvalue weighted by Gasteiger charge is 2.34. The fourth-order valence-corrected chi connectivity index (χ4v) is 5.75.